The molecule has 0 radical (unpaired) electrons. The lowest BCUT2D eigenvalue weighted by Crippen LogP contribution is -2.08. The number of nitrogens with one attached hydrogen (secondary N) is 1. The molecule has 0 bridgehead atoms. The molecule has 1 aromatic heterocycles. The van der Waals surface area contributed by atoms with Crippen LogP contribution in [-0.4, -0.2) is 10.2 Å². The van der Waals surface area contributed by atoms with E-state index < -0.39 is 22.8 Å². The zero-order valence-corrected chi connectivity index (χ0v) is 6.94. The van der Waals surface area contributed by atoms with Crippen molar-refractivity contribution in [3.8, 4) is 0 Å². The van der Waals surface area contributed by atoms with Gasteiger partial charge in [0.05, 0.1) is 5.69 Å². The zero-order chi connectivity index (χ0) is 10.0. The minimum Gasteiger partial charge on any atom is -0.350 e. The van der Waals surface area contributed by atoms with Gasteiger partial charge in [-0.15, -0.1) is 0 Å². The van der Waals surface area contributed by atoms with Crippen LogP contribution in [0, 0.1) is 0 Å². The van der Waals surface area contributed by atoms with E-state index in [2.05, 4.69) is 4.98 Å². The van der Waals surface area contributed by atoms with Crippen molar-refractivity contribution in [1.29, 1.82) is 0 Å². The Bertz CT molecular complexity index is 388. The molecule has 0 saturated carbocycles. The quantitative estimate of drug-likeness (QED) is 0.751. The normalized spacial score (nSPS) is 10.5. The molecular weight excluding hydrogens is 204 g/mol. The van der Waals surface area contributed by atoms with E-state index in [4.69, 9.17) is 11.6 Å². The summed E-state index contributed by atoms with van der Waals surface area (Å²) in [5, 5.41) is -0.973. The zero-order valence-electron chi connectivity index (χ0n) is 6.18. The van der Waals surface area contributed by atoms with Gasteiger partial charge in [0.1, 0.15) is 5.69 Å². The summed E-state index contributed by atoms with van der Waals surface area (Å²) >= 11 is 5.00. The van der Waals surface area contributed by atoms with Crippen molar-refractivity contribution >= 4 is 16.8 Å². The Morgan fingerprint density at radius 1 is 1.46 bits per heavy atom. The average molecular weight is 208 g/mol. The second-order valence-corrected chi connectivity index (χ2v) is 2.60. The van der Waals surface area contributed by atoms with Crippen LogP contribution in [0.4, 0.5) is 8.78 Å². The molecule has 0 unspecified atom stereocenters. The highest BCUT2D eigenvalue weighted by Crippen LogP contribution is 2.14. The number of carbonyl (C=O) groups is 1. The van der Waals surface area contributed by atoms with Gasteiger partial charge in [0.25, 0.3) is 11.7 Å². The monoisotopic (exact) mass is 207 g/mol. The average Bonchev–Trinajstić information content (AvgIpc) is 2.03. The van der Waals surface area contributed by atoms with E-state index in [9.17, 15) is 18.4 Å². The second kappa shape index (κ2) is 3.66. The fourth-order valence-corrected chi connectivity index (χ4v) is 0.890. The third kappa shape index (κ3) is 2.35. The Hall–Kier alpha value is -1.23. The summed E-state index contributed by atoms with van der Waals surface area (Å²) in [5.74, 6) is 0. The maximum absolute atomic E-state index is 12.1. The number of aromatic amines is 1. The Morgan fingerprint density at radius 2 is 2.08 bits per heavy atom. The lowest BCUT2D eigenvalue weighted by atomic mass is 10.3. The van der Waals surface area contributed by atoms with Gasteiger partial charge in [-0.1, -0.05) is 0 Å². The molecule has 0 aliphatic rings. The van der Waals surface area contributed by atoms with Crippen LogP contribution in [0.25, 0.3) is 0 Å². The van der Waals surface area contributed by atoms with E-state index in [1.165, 1.54) is 0 Å². The largest absolute Gasteiger partial charge is 0.350 e. The molecule has 0 aromatic carbocycles. The predicted molar refractivity (Wildman–Crippen MR) is 42.2 cm³/mol. The fourth-order valence-electron chi connectivity index (χ4n) is 0.788. The van der Waals surface area contributed by atoms with E-state index in [0.717, 1.165) is 6.07 Å². The summed E-state index contributed by atoms with van der Waals surface area (Å²) in [6.07, 6.45) is -2.83. The van der Waals surface area contributed by atoms with Gasteiger partial charge in [-0.05, 0) is 11.6 Å². The number of pyridine rings is 1. The van der Waals surface area contributed by atoms with E-state index in [1.54, 1.807) is 0 Å². The van der Waals surface area contributed by atoms with Crippen LogP contribution >= 0.6 is 11.6 Å². The molecule has 0 atom stereocenters. The van der Waals surface area contributed by atoms with Gasteiger partial charge in [-0.3, -0.25) is 9.59 Å². The molecule has 0 spiro atoms. The Morgan fingerprint density at radius 3 is 2.54 bits per heavy atom. The Balaban J connectivity index is 3.27. The summed E-state index contributed by atoms with van der Waals surface area (Å²) < 4.78 is 24.1. The van der Waals surface area contributed by atoms with Gasteiger partial charge in [-0.2, -0.15) is 0 Å². The number of H-pyrrole nitrogens is 1. The lowest BCUT2D eigenvalue weighted by molar-refractivity contribution is 0.107. The smallest absolute Gasteiger partial charge is 0.278 e. The van der Waals surface area contributed by atoms with Crippen molar-refractivity contribution in [2.24, 2.45) is 0 Å². The molecule has 1 heterocycles. The number of hydrogen-bond donors (Lipinski definition) is 1. The molecule has 6 heteroatoms. The van der Waals surface area contributed by atoms with Crippen molar-refractivity contribution in [3.63, 3.8) is 0 Å². The summed E-state index contributed by atoms with van der Waals surface area (Å²) in [6, 6.07) is 1.58. The molecule has 70 valence electrons. The highest BCUT2D eigenvalue weighted by Gasteiger charge is 2.11. The van der Waals surface area contributed by atoms with Crippen LogP contribution in [0.3, 0.4) is 0 Å². The molecule has 0 amide bonds. The van der Waals surface area contributed by atoms with Crippen LogP contribution in [0.5, 0.6) is 0 Å². The predicted octanol–water partition coefficient (Wildman–Crippen LogP) is 1.69. The first-order valence-corrected chi connectivity index (χ1v) is 3.61. The van der Waals surface area contributed by atoms with E-state index >= 15 is 0 Å². The van der Waals surface area contributed by atoms with Gasteiger partial charge < -0.3 is 4.98 Å². The molecule has 13 heavy (non-hydrogen) atoms. The number of carbonyl (C=O) groups excluding carboxylic acids is 1. The van der Waals surface area contributed by atoms with Gasteiger partial charge in [0, 0.05) is 12.1 Å². The summed E-state index contributed by atoms with van der Waals surface area (Å²) in [7, 11) is 0. The van der Waals surface area contributed by atoms with Gasteiger partial charge in [0.15, 0.2) is 5.43 Å². The molecule has 1 rings (SSSR count). The fraction of sp³-hybridized carbons (Fsp3) is 0.143. The molecule has 0 fully saturated rings. The number of halogens is 3. The number of aromatic nitrogens is 1. The Kier molecular flexibility index (Phi) is 2.77. The third-order valence-corrected chi connectivity index (χ3v) is 1.51. The van der Waals surface area contributed by atoms with Crippen LogP contribution in [0.15, 0.2) is 16.9 Å². The van der Waals surface area contributed by atoms with Crippen LogP contribution in [0.1, 0.15) is 22.6 Å². The van der Waals surface area contributed by atoms with Crippen molar-refractivity contribution in [1.82, 2.24) is 4.98 Å². The van der Waals surface area contributed by atoms with Gasteiger partial charge in [-0.25, -0.2) is 8.78 Å². The minimum absolute atomic E-state index is 0.329. The van der Waals surface area contributed by atoms with Crippen LogP contribution in [0.2, 0.25) is 0 Å². The van der Waals surface area contributed by atoms with Gasteiger partial charge >= 0.3 is 0 Å². The Labute approximate surface area is 76.3 Å². The summed E-state index contributed by atoms with van der Waals surface area (Å²) in [6.45, 7) is 0. The van der Waals surface area contributed by atoms with Crippen molar-refractivity contribution < 1.29 is 13.6 Å². The first-order chi connectivity index (χ1) is 6.00. The van der Waals surface area contributed by atoms with Gasteiger partial charge in [0.2, 0.25) is 0 Å². The number of rotatable bonds is 2. The molecule has 1 N–H and O–H groups in total. The van der Waals surface area contributed by atoms with Crippen molar-refractivity contribution in [2.75, 3.05) is 0 Å². The highest BCUT2D eigenvalue weighted by molar-refractivity contribution is 6.67. The second-order valence-electron chi connectivity index (χ2n) is 2.26. The summed E-state index contributed by atoms with van der Waals surface area (Å²) in [4.78, 5) is 23.3. The maximum Gasteiger partial charge on any atom is 0.278 e. The standard InChI is InChI=1S/C7H4ClF2NO2/c8-6(13)4-1-3(12)2-5(11-4)7(9)10/h1-2,7H,(H,11,12). The van der Waals surface area contributed by atoms with E-state index in [-0.39, 0.29) is 5.69 Å². The van der Waals surface area contributed by atoms with Crippen LogP contribution < -0.4 is 5.43 Å². The highest BCUT2D eigenvalue weighted by atomic mass is 35.5. The molecule has 0 aliphatic carbocycles. The van der Waals surface area contributed by atoms with Crippen LogP contribution in [-0.2, 0) is 0 Å². The number of alkyl halides is 2. The van der Waals surface area contributed by atoms with E-state index in [1.807, 2.05) is 0 Å². The molecule has 0 aliphatic heterocycles. The molecule has 1 aromatic rings. The number of hydrogen-bond acceptors (Lipinski definition) is 2. The topological polar surface area (TPSA) is 49.9 Å². The minimum atomic E-state index is -2.83. The summed E-state index contributed by atoms with van der Waals surface area (Å²) in [5.41, 5.74) is -1.63. The lowest BCUT2D eigenvalue weighted by Gasteiger charge is -2.00. The molecular formula is C7H4ClF2NO2. The van der Waals surface area contributed by atoms with Crippen molar-refractivity contribution in [2.45, 2.75) is 6.43 Å². The first kappa shape index (κ1) is 9.85. The molecule has 0 saturated heterocycles. The maximum atomic E-state index is 12.1. The first-order valence-electron chi connectivity index (χ1n) is 3.23. The SMILES string of the molecule is O=C(Cl)c1cc(=O)cc(C(F)F)[nH]1. The third-order valence-electron chi connectivity index (χ3n) is 1.31. The van der Waals surface area contributed by atoms with E-state index in [0.29, 0.717) is 6.07 Å². The van der Waals surface area contributed by atoms with Crippen molar-refractivity contribution in [3.05, 3.63) is 33.7 Å². The molecule has 3 nitrogen and oxygen atoms in total.